The molecule has 8 aromatic rings. The van der Waals surface area contributed by atoms with E-state index in [1.807, 2.05) is 0 Å². The van der Waals surface area contributed by atoms with E-state index < -0.39 is 0 Å². The lowest BCUT2D eigenvalue weighted by Gasteiger charge is -2.14. The van der Waals surface area contributed by atoms with Crippen LogP contribution in [0.1, 0.15) is 0 Å². The summed E-state index contributed by atoms with van der Waals surface area (Å²) in [6, 6.07) is 49.5. The molecular formula is C36H23P. The maximum atomic E-state index is 2.38. The van der Waals surface area contributed by atoms with E-state index in [1.165, 1.54) is 75.2 Å². The summed E-state index contributed by atoms with van der Waals surface area (Å²) < 4.78 is 0. The van der Waals surface area contributed by atoms with E-state index >= 15 is 0 Å². The van der Waals surface area contributed by atoms with Gasteiger partial charge in [0.15, 0.2) is 0 Å². The Balaban J connectivity index is 1.40. The normalized spacial score (nSPS) is 11.9. The van der Waals surface area contributed by atoms with E-state index in [1.54, 1.807) is 0 Å². The van der Waals surface area contributed by atoms with Crippen LogP contribution in [0.15, 0.2) is 133 Å². The highest BCUT2D eigenvalue weighted by atomic mass is 31.1. The summed E-state index contributed by atoms with van der Waals surface area (Å²) in [5, 5.41) is 18.7. The molecule has 0 radical (unpaired) electrons. The predicted molar refractivity (Wildman–Crippen MR) is 166 cm³/mol. The molecule has 0 atom stereocenters. The number of rotatable bonds is 2. The molecular weight excluding hydrogens is 463 g/mol. The molecule has 0 aliphatic rings. The summed E-state index contributed by atoms with van der Waals surface area (Å²) >= 11 is 0. The Hall–Kier alpha value is -4.25. The molecule has 0 nitrogen and oxygen atoms in total. The minimum atomic E-state index is 0.565. The molecule has 0 aromatic heterocycles. The third-order valence-corrected chi connectivity index (χ3v) is 9.09. The molecule has 172 valence electrons. The summed E-state index contributed by atoms with van der Waals surface area (Å²) in [7, 11) is 0.565. The standard InChI is InChI=1S/C36H23P/c1-3-9-27-21-31-29(19-25(27)7-1)17-15-23-11-5-13-33(35(23)31)37-34-14-6-12-24-16-18-30-20-26-8-2-4-10-28(26)22-32(30)36(24)34/h1-22,37H. The van der Waals surface area contributed by atoms with E-state index in [-0.39, 0.29) is 0 Å². The molecule has 0 heterocycles. The summed E-state index contributed by atoms with van der Waals surface area (Å²) in [5.74, 6) is 0. The van der Waals surface area contributed by atoms with Gasteiger partial charge in [0.05, 0.1) is 0 Å². The summed E-state index contributed by atoms with van der Waals surface area (Å²) in [4.78, 5) is 0. The minimum absolute atomic E-state index is 0.565. The first-order chi connectivity index (χ1) is 18.3. The van der Waals surface area contributed by atoms with Gasteiger partial charge in [0.25, 0.3) is 0 Å². The SMILES string of the molecule is c1ccc2cc3c(ccc4cccc(Pc5cccc6ccc7cc8ccccc8cc7c56)c43)cc2c1. The molecule has 0 bridgehead atoms. The third-order valence-electron chi connectivity index (χ3n) is 7.72. The van der Waals surface area contributed by atoms with Crippen LogP contribution >= 0.6 is 8.58 Å². The van der Waals surface area contributed by atoms with Crippen LogP contribution in [-0.2, 0) is 0 Å². The van der Waals surface area contributed by atoms with Crippen LogP contribution in [0.3, 0.4) is 0 Å². The minimum Gasteiger partial charge on any atom is -0.0616 e. The summed E-state index contributed by atoms with van der Waals surface area (Å²) in [5.41, 5.74) is 0. The molecule has 0 saturated carbocycles. The van der Waals surface area contributed by atoms with Crippen molar-refractivity contribution in [3.8, 4) is 0 Å². The van der Waals surface area contributed by atoms with E-state index in [0.717, 1.165) is 0 Å². The Morgan fingerprint density at radius 3 is 1.14 bits per heavy atom. The zero-order chi connectivity index (χ0) is 24.3. The Morgan fingerprint density at radius 2 is 0.676 bits per heavy atom. The van der Waals surface area contributed by atoms with Gasteiger partial charge >= 0.3 is 0 Å². The molecule has 0 unspecified atom stereocenters. The molecule has 0 amide bonds. The van der Waals surface area contributed by atoms with Gasteiger partial charge in [-0.1, -0.05) is 118 Å². The van der Waals surface area contributed by atoms with Crippen molar-refractivity contribution in [2.45, 2.75) is 0 Å². The zero-order valence-electron chi connectivity index (χ0n) is 20.2. The average molecular weight is 487 g/mol. The van der Waals surface area contributed by atoms with Crippen LogP contribution in [0.5, 0.6) is 0 Å². The lowest BCUT2D eigenvalue weighted by atomic mass is 9.98. The van der Waals surface area contributed by atoms with Crippen LogP contribution in [-0.4, -0.2) is 0 Å². The Morgan fingerprint density at radius 1 is 0.297 bits per heavy atom. The zero-order valence-corrected chi connectivity index (χ0v) is 21.2. The number of hydrogen-bond donors (Lipinski definition) is 0. The summed E-state index contributed by atoms with van der Waals surface area (Å²) in [6.45, 7) is 0. The number of benzene rings is 8. The van der Waals surface area contributed by atoms with Gasteiger partial charge in [-0.3, -0.25) is 0 Å². The average Bonchev–Trinajstić information content (AvgIpc) is 2.95. The van der Waals surface area contributed by atoms with Crippen molar-refractivity contribution in [2.75, 3.05) is 0 Å². The molecule has 0 fully saturated rings. The molecule has 8 aromatic carbocycles. The fourth-order valence-corrected chi connectivity index (χ4v) is 7.41. The summed E-state index contributed by atoms with van der Waals surface area (Å²) in [6.07, 6.45) is 0. The number of hydrogen-bond acceptors (Lipinski definition) is 0. The van der Waals surface area contributed by atoms with Gasteiger partial charge in [-0.2, -0.15) is 0 Å². The van der Waals surface area contributed by atoms with Crippen LogP contribution < -0.4 is 10.6 Å². The van der Waals surface area contributed by atoms with E-state index in [9.17, 15) is 0 Å². The van der Waals surface area contributed by atoms with E-state index in [4.69, 9.17) is 0 Å². The van der Waals surface area contributed by atoms with Crippen molar-refractivity contribution in [3.05, 3.63) is 133 Å². The van der Waals surface area contributed by atoms with Gasteiger partial charge in [0, 0.05) is 0 Å². The third kappa shape index (κ3) is 3.34. The van der Waals surface area contributed by atoms with Gasteiger partial charge in [-0.15, -0.1) is 0 Å². The highest BCUT2D eigenvalue weighted by molar-refractivity contribution is 7.56. The smallest absolute Gasteiger partial charge is 0.00275 e. The lowest BCUT2D eigenvalue weighted by molar-refractivity contribution is 1.78. The lowest BCUT2D eigenvalue weighted by Crippen LogP contribution is -2.06. The first-order valence-electron chi connectivity index (χ1n) is 12.8. The van der Waals surface area contributed by atoms with Gasteiger partial charge in [0.1, 0.15) is 0 Å². The second kappa shape index (κ2) is 8.13. The van der Waals surface area contributed by atoms with Crippen molar-refractivity contribution in [3.63, 3.8) is 0 Å². The van der Waals surface area contributed by atoms with Crippen molar-refractivity contribution >= 4 is 83.8 Å². The van der Waals surface area contributed by atoms with Crippen LogP contribution in [0.4, 0.5) is 0 Å². The predicted octanol–water partition coefficient (Wildman–Crippen LogP) is 9.24. The maximum absolute atomic E-state index is 2.38. The first kappa shape index (κ1) is 20.9. The fourth-order valence-electron chi connectivity index (χ4n) is 5.96. The maximum Gasteiger partial charge on any atom is -0.00275 e. The fraction of sp³-hybridized carbons (Fsp3) is 0. The molecule has 1 heteroatoms. The van der Waals surface area contributed by atoms with Crippen molar-refractivity contribution < 1.29 is 0 Å². The van der Waals surface area contributed by atoms with E-state index in [2.05, 4.69) is 133 Å². The molecule has 8 rings (SSSR count). The van der Waals surface area contributed by atoms with Crippen LogP contribution in [0.2, 0.25) is 0 Å². The van der Waals surface area contributed by atoms with Crippen LogP contribution in [0.25, 0.3) is 64.6 Å². The van der Waals surface area contributed by atoms with Gasteiger partial charge in [-0.25, -0.2) is 0 Å². The van der Waals surface area contributed by atoms with Crippen molar-refractivity contribution in [1.29, 1.82) is 0 Å². The highest BCUT2D eigenvalue weighted by Crippen LogP contribution is 2.34. The second-order valence-corrected chi connectivity index (χ2v) is 11.2. The number of fused-ring (bicyclic) bond motifs is 8. The Kier molecular flexibility index (Phi) is 4.59. The van der Waals surface area contributed by atoms with Crippen molar-refractivity contribution in [1.82, 2.24) is 0 Å². The van der Waals surface area contributed by atoms with E-state index in [0.29, 0.717) is 8.58 Å². The Labute approximate surface area is 216 Å². The van der Waals surface area contributed by atoms with Crippen LogP contribution in [0, 0.1) is 0 Å². The Bertz CT molecular complexity index is 2010. The first-order valence-corrected chi connectivity index (χ1v) is 13.8. The molecule has 0 saturated heterocycles. The van der Waals surface area contributed by atoms with Crippen molar-refractivity contribution in [2.24, 2.45) is 0 Å². The molecule has 0 aliphatic carbocycles. The quantitative estimate of drug-likeness (QED) is 0.130. The second-order valence-electron chi connectivity index (χ2n) is 9.90. The van der Waals surface area contributed by atoms with Gasteiger partial charge in [-0.05, 0) is 99.5 Å². The molecule has 0 N–H and O–H groups in total. The topological polar surface area (TPSA) is 0 Å². The monoisotopic (exact) mass is 486 g/mol. The molecule has 0 aliphatic heterocycles. The molecule has 0 spiro atoms. The van der Waals surface area contributed by atoms with Gasteiger partial charge in [0.2, 0.25) is 0 Å². The largest absolute Gasteiger partial charge is 0.0616 e. The highest BCUT2D eigenvalue weighted by Gasteiger charge is 2.12. The van der Waals surface area contributed by atoms with Gasteiger partial charge < -0.3 is 0 Å². The molecule has 37 heavy (non-hydrogen) atoms.